The molecule has 0 saturated carbocycles. The van der Waals surface area contributed by atoms with Crippen molar-refractivity contribution in [2.24, 2.45) is 0 Å². The van der Waals surface area contributed by atoms with Crippen LogP contribution in [0.5, 0.6) is 0 Å². The van der Waals surface area contributed by atoms with Gasteiger partial charge >= 0.3 is 0 Å². The number of nitrogens with zero attached hydrogens (tertiary/aromatic N) is 3. The van der Waals surface area contributed by atoms with Crippen LogP contribution >= 0.6 is 31.9 Å². The highest BCUT2D eigenvalue weighted by molar-refractivity contribution is 9.10. The van der Waals surface area contributed by atoms with E-state index in [1.54, 1.807) is 6.92 Å². The van der Waals surface area contributed by atoms with Gasteiger partial charge in [-0.2, -0.15) is 4.98 Å². The largest absolute Gasteiger partial charge is 0.349 e. The van der Waals surface area contributed by atoms with Crippen molar-refractivity contribution in [2.45, 2.75) is 20.0 Å². The van der Waals surface area contributed by atoms with Gasteiger partial charge in [-0.15, -0.1) is 9.19 Å². The van der Waals surface area contributed by atoms with Crippen LogP contribution in [0, 0.1) is 0 Å². The smallest absolute Gasteiger partial charge is 0.256 e. The molecule has 0 amide bonds. The number of rotatable bonds is 8. The molecule has 7 nitrogen and oxygen atoms in total. The summed E-state index contributed by atoms with van der Waals surface area (Å²) in [5, 5.41) is 10.3. The lowest BCUT2D eigenvalue weighted by molar-refractivity contribution is 0.582. The molecule has 0 aliphatic carbocycles. The first-order chi connectivity index (χ1) is 13.4. The zero-order valence-electron chi connectivity index (χ0n) is 15.1. The van der Waals surface area contributed by atoms with Crippen molar-refractivity contribution in [1.29, 1.82) is 0 Å². The van der Waals surface area contributed by atoms with Gasteiger partial charge < -0.3 is 10.6 Å². The van der Waals surface area contributed by atoms with Crippen molar-refractivity contribution in [3.05, 3.63) is 68.6 Å². The van der Waals surface area contributed by atoms with Gasteiger partial charge in [0, 0.05) is 22.0 Å². The molecule has 148 valence electrons. The van der Waals surface area contributed by atoms with Crippen LogP contribution in [0.3, 0.4) is 0 Å². The van der Waals surface area contributed by atoms with E-state index in [1.165, 1.54) is 0 Å². The highest BCUT2D eigenvalue weighted by atomic mass is 79.9. The molecule has 0 aliphatic rings. The number of hydrogen-bond acceptors (Lipinski definition) is 6. The molecule has 0 aliphatic heterocycles. The van der Waals surface area contributed by atoms with Gasteiger partial charge in [-0.05, 0) is 42.3 Å². The summed E-state index contributed by atoms with van der Waals surface area (Å²) in [5.41, 5.74) is 2.01. The predicted octanol–water partition coefficient (Wildman–Crippen LogP) is 4.23. The molecular weight excluding hydrogens is 510 g/mol. The summed E-state index contributed by atoms with van der Waals surface area (Å²) in [5.74, 6) is 0.347. The molecule has 0 atom stereocenters. The van der Waals surface area contributed by atoms with Crippen molar-refractivity contribution in [3.63, 3.8) is 0 Å². The number of nitrogens with one attached hydrogen (secondary N) is 2. The van der Waals surface area contributed by atoms with E-state index in [0.29, 0.717) is 13.1 Å². The second-order valence-electron chi connectivity index (χ2n) is 5.97. The zero-order chi connectivity index (χ0) is 20.1. The Morgan fingerprint density at radius 1 is 0.964 bits per heavy atom. The third-order valence-corrected chi connectivity index (χ3v) is 6.38. The maximum Gasteiger partial charge on any atom is 0.256 e. The molecule has 1 aromatic heterocycles. The van der Waals surface area contributed by atoms with Crippen LogP contribution in [0.2, 0.25) is 0 Å². The summed E-state index contributed by atoms with van der Waals surface area (Å²) in [4.78, 5) is 4.33. The van der Waals surface area contributed by atoms with Crippen LogP contribution in [0.4, 0.5) is 11.9 Å². The molecule has 0 bridgehead atoms. The molecule has 0 radical (unpaired) electrons. The molecule has 0 spiro atoms. The standard InChI is InChI=1S/C18H19Br2N5O2S/c1-2-28(26,27)25-18(22-12-14-6-4-8-16(20)10-14)23-17(24-25)21-11-13-5-3-7-15(19)9-13/h3-10H,2,11-12H2,1H3,(H2,21,22,23,24). The fraction of sp³-hybridized carbons (Fsp3) is 0.222. The van der Waals surface area contributed by atoms with Crippen LogP contribution in [0.15, 0.2) is 57.5 Å². The van der Waals surface area contributed by atoms with Gasteiger partial charge in [0.1, 0.15) is 0 Å². The second-order valence-corrected chi connectivity index (χ2v) is 9.89. The second kappa shape index (κ2) is 9.06. The molecule has 10 heteroatoms. The number of anilines is 2. The molecule has 3 rings (SSSR count). The molecular formula is C18H19Br2N5O2S. The van der Waals surface area contributed by atoms with E-state index in [2.05, 4.69) is 52.6 Å². The van der Waals surface area contributed by atoms with E-state index in [4.69, 9.17) is 0 Å². The molecule has 2 N–H and O–H groups in total. The maximum absolute atomic E-state index is 12.4. The molecule has 1 heterocycles. The van der Waals surface area contributed by atoms with E-state index >= 15 is 0 Å². The summed E-state index contributed by atoms with van der Waals surface area (Å²) in [6, 6.07) is 15.5. The topological polar surface area (TPSA) is 88.9 Å². The number of aromatic nitrogens is 3. The van der Waals surface area contributed by atoms with Gasteiger partial charge in [-0.3, -0.25) is 0 Å². The van der Waals surface area contributed by atoms with Crippen LogP contribution < -0.4 is 10.6 Å². The Morgan fingerprint density at radius 2 is 1.54 bits per heavy atom. The number of halogens is 2. The number of benzene rings is 2. The van der Waals surface area contributed by atoms with E-state index < -0.39 is 10.0 Å². The Balaban J connectivity index is 1.79. The lowest BCUT2D eigenvalue weighted by Crippen LogP contribution is -2.19. The first kappa shape index (κ1) is 20.8. The van der Waals surface area contributed by atoms with Crippen molar-refractivity contribution < 1.29 is 8.42 Å². The minimum atomic E-state index is -3.59. The van der Waals surface area contributed by atoms with Gasteiger partial charge in [0.15, 0.2) is 0 Å². The van der Waals surface area contributed by atoms with Gasteiger partial charge in [0.25, 0.3) is 10.0 Å². The number of hydrogen-bond donors (Lipinski definition) is 2. The molecule has 0 unspecified atom stereocenters. The minimum absolute atomic E-state index is 0.0764. The van der Waals surface area contributed by atoms with Crippen molar-refractivity contribution >= 4 is 53.8 Å². The van der Waals surface area contributed by atoms with E-state index in [0.717, 1.165) is 24.2 Å². The highest BCUT2D eigenvalue weighted by Gasteiger charge is 2.20. The summed E-state index contributed by atoms with van der Waals surface area (Å²) < 4.78 is 27.7. The Bertz CT molecular complexity index is 1070. The molecule has 0 fully saturated rings. The van der Waals surface area contributed by atoms with E-state index in [1.807, 2.05) is 48.5 Å². The Morgan fingerprint density at radius 3 is 2.07 bits per heavy atom. The van der Waals surface area contributed by atoms with Crippen molar-refractivity contribution in [2.75, 3.05) is 16.4 Å². The summed E-state index contributed by atoms with van der Waals surface area (Å²) in [6.45, 7) is 2.47. The average molecular weight is 529 g/mol. The van der Waals surface area contributed by atoms with Crippen LogP contribution in [-0.2, 0) is 23.1 Å². The normalized spacial score (nSPS) is 11.4. The first-order valence-electron chi connectivity index (χ1n) is 8.54. The Kier molecular flexibility index (Phi) is 6.73. The summed E-state index contributed by atoms with van der Waals surface area (Å²) in [6.07, 6.45) is 0. The van der Waals surface area contributed by atoms with Gasteiger partial charge in [-0.1, -0.05) is 56.1 Å². The molecule has 0 saturated heterocycles. The van der Waals surface area contributed by atoms with Gasteiger partial charge in [0.2, 0.25) is 11.9 Å². The van der Waals surface area contributed by atoms with Crippen molar-refractivity contribution in [3.8, 4) is 0 Å². The summed E-state index contributed by atoms with van der Waals surface area (Å²) >= 11 is 6.86. The van der Waals surface area contributed by atoms with Crippen LogP contribution in [0.1, 0.15) is 18.1 Å². The third-order valence-electron chi connectivity index (χ3n) is 3.89. The minimum Gasteiger partial charge on any atom is -0.349 e. The SMILES string of the molecule is CCS(=O)(=O)n1nc(NCc2cccc(Br)c2)nc1NCc1cccc(Br)c1. The maximum atomic E-state index is 12.4. The predicted molar refractivity (Wildman–Crippen MR) is 118 cm³/mol. The third kappa shape index (κ3) is 5.33. The fourth-order valence-electron chi connectivity index (χ4n) is 2.45. The quantitative estimate of drug-likeness (QED) is 0.455. The highest BCUT2D eigenvalue weighted by Crippen LogP contribution is 2.17. The van der Waals surface area contributed by atoms with Crippen molar-refractivity contribution in [1.82, 2.24) is 14.2 Å². The van der Waals surface area contributed by atoms with E-state index in [9.17, 15) is 8.42 Å². The first-order valence-corrected chi connectivity index (χ1v) is 11.7. The molecule has 3 aromatic rings. The van der Waals surface area contributed by atoms with Gasteiger partial charge in [-0.25, -0.2) is 8.42 Å². The zero-order valence-corrected chi connectivity index (χ0v) is 19.1. The Hall–Kier alpha value is -1.91. The molecule has 28 heavy (non-hydrogen) atoms. The fourth-order valence-corrected chi connectivity index (χ4v) is 4.16. The van der Waals surface area contributed by atoms with Crippen LogP contribution in [-0.4, -0.2) is 28.3 Å². The Labute approximate surface area is 180 Å². The van der Waals surface area contributed by atoms with E-state index in [-0.39, 0.29) is 17.6 Å². The lowest BCUT2D eigenvalue weighted by atomic mass is 10.2. The summed E-state index contributed by atoms with van der Waals surface area (Å²) in [7, 11) is -3.59. The monoisotopic (exact) mass is 527 g/mol. The lowest BCUT2D eigenvalue weighted by Gasteiger charge is -2.07. The average Bonchev–Trinajstić information content (AvgIpc) is 3.09. The van der Waals surface area contributed by atoms with Crippen LogP contribution in [0.25, 0.3) is 0 Å². The van der Waals surface area contributed by atoms with Gasteiger partial charge in [0.05, 0.1) is 5.75 Å². The molecule has 2 aromatic carbocycles.